The maximum Gasteiger partial charge on any atom is 0.224 e. The van der Waals surface area contributed by atoms with Crippen LogP contribution in [0.2, 0.25) is 0 Å². The first-order chi connectivity index (χ1) is 13.6. The number of hydrogen-bond acceptors (Lipinski definition) is 6. The lowest BCUT2D eigenvalue weighted by molar-refractivity contribution is 0.235. The summed E-state index contributed by atoms with van der Waals surface area (Å²) >= 11 is 0. The summed E-state index contributed by atoms with van der Waals surface area (Å²) in [6.45, 7) is 9.23. The zero-order valence-electron chi connectivity index (χ0n) is 16.9. The van der Waals surface area contributed by atoms with E-state index in [1.165, 1.54) is 5.69 Å². The lowest BCUT2D eigenvalue weighted by Crippen LogP contribution is -2.47. The first kappa shape index (κ1) is 18.7. The van der Waals surface area contributed by atoms with Crippen molar-refractivity contribution < 1.29 is 4.74 Å². The van der Waals surface area contributed by atoms with Crippen molar-refractivity contribution in [1.82, 2.24) is 24.4 Å². The molecule has 1 fully saturated rings. The second-order valence-corrected chi connectivity index (χ2v) is 7.58. The van der Waals surface area contributed by atoms with Gasteiger partial charge in [0.25, 0.3) is 0 Å². The molecule has 3 aromatic rings. The van der Waals surface area contributed by atoms with Crippen LogP contribution in [0.1, 0.15) is 19.7 Å². The molecule has 1 aromatic carbocycles. The normalized spacial score (nSPS) is 15.5. The zero-order valence-corrected chi connectivity index (χ0v) is 16.9. The van der Waals surface area contributed by atoms with Gasteiger partial charge in [0.05, 0.1) is 17.0 Å². The van der Waals surface area contributed by atoms with Crippen LogP contribution in [-0.4, -0.2) is 63.2 Å². The molecule has 0 unspecified atom stereocenters. The Labute approximate surface area is 166 Å². The molecule has 3 heterocycles. The summed E-state index contributed by atoms with van der Waals surface area (Å²) in [5.41, 5.74) is 2.13. The van der Waals surface area contributed by atoms with Gasteiger partial charge in [0, 0.05) is 64.3 Å². The van der Waals surface area contributed by atoms with Crippen LogP contribution in [0.5, 0.6) is 5.88 Å². The van der Waals surface area contributed by atoms with E-state index >= 15 is 0 Å². The van der Waals surface area contributed by atoms with Crippen molar-refractivity contribution in [1.29, 1.82) is 0 Å². The van der Waals surface area contributed by atoms with Crippen LogP contribution in [0, 0.1) is 0 Å². The fraction of sp³-hybridized carbons (Fsp3) is 0.476. The summed E-state index contributed by atoms with van der Waals surface area (Å²) < 4.78 is 7.98. The molecule has 4 rings (SSSR count). The molecule has 0 radical (unpaired) electrons. The number of ether oxygens (including phenoxy) is 1. The molecule has 0 amide bonds. The molecule has 1 aliphatic rings. The fourth-order valence-corrected chi connectivity index (χ4v) is 3.66. The molecule has 1 saturated heterocycles. The average molecular weight is 380 g/mol. The Morgan fingerprint density at radius 2 is 1.89 bits per heavy atom. The predicted octanol–water partition coefficient (Wildman–Crippen LogP) is 2.52. The number of piperazine rings is 1. The molecule has 1 aliphatic heterocycles. The van der Waals surface area contributed by atoms with Crippen molar-refractivity contribution in [3.05, 3.63) is 42.7 Å². The summed E-state index contributed by atoms with van der Waals surface area (Å²) in [4.78, 5) is 18.1. The molecule has 148 valence electrons. The highest BCUT2D eigenvalue weighted by atomic mass is 16.5. The Balaban J connectivity index is 1.41. The lowest BCUT2D eigenvalue weighted by atomic mass is 10.2. The van der Waals surface area contributed by atoms with E-state index < -0.39 is 0 Å². The number of fused-ring (bicyclic) bond motifs is 1. The monoisotopic (exact) mass is 380 g/mol. The summed E-state index contributed by atoms with van der Waals surface area (Å²) in [7, 11) is 2.06. The lowest BCUT2D eigenvalue weighted by Gasteiger charge is -2.36. The van der Waals surface area contributed by atoms with Gasteiger partial charge < -0.3 is 14.2 Å². The first-order valence-electron chi connectivity index (χ1n) is 9.95. The van der Waals surface area contributed by atoms with Crippen molar-refractivity contribution in [2.45, 2.75) is 26.4 Å². The molecule has 0 N–H and O–H groups in total. The molecule has 0 aliphatic carbocycles. The molecule has 2 aromatic heterocycles. The van der Waals surface area contributed by atoms with Crippen LogP contribution in [-0.2, 0) is 13.5 Å². The van der Waals surface area contributed by atoms with E-state index in [9.17, 15) is 0 Å². The van der Waals surface area contributed by atoms with Crippen molar-refractivity contribution in [2.75, 3.05) is 37.6 Å². The fourth-order valence-electron chi connectivity index (χ4n) is 3.66. The number of imidazole rings is 1. The minimum Gasteiger partial charge on any atom is -0.474 e. The molecular formula is C21H28N6O. The molecule has 0 spiro atoms. The van der Waals surface area contributed by atoms with Gasteiger partial charge in [-0.05, 0) is 32.0 Å². The molecular weight excluding hydrogens is 352 g/mol. The molecule has 0 bridgehead atoms. The molecule has 7 heteroatoms. The maximum absolute atomic E-state index is 5.88. The Morgan fingerprint density at radius 3 is 2.61 bits per heavy atom. The Bertz CT molecular complexity index is 930. The highest BCUT2D eigenvalue weighted by molar-refractivity contribution is 5.86. The average Bonchev–Trinajstić information content (AvgIpc) is 3.11. The third-order valence-electron chi connectivity index (χ3n) is 5.24. The zero-order chi connectivity index (χ0) is 19.5. The third-order valence-corrected chi connectivity index (χ3v) is 5.24. The number of hydrogen-bond donors (Lipinski definition) is 0. The van der Waals surface area contributed by atoms with Gasteiger partial charge in [-0.1, -0.05) is 0 Å². The van der Waals surface area contributed by atoms with Gasteiger partial charge in [0.15, 0.2) is 0 Å². The van der Waals surface area contributed by atoms with Crippen LogP contribution >= 0.6 is 0 Å². The van der Waals surface area contributed by atoms with Crippen LogP contribution < -0.4 is 9.64 Å². The van der Waals surface area contributed by atoms with E-state index in [1.54, 1.807) is 6.33 Å². The van der Waals surface area contributed by atoms with Crippen molar-refractivity contribution in [2.24, 2.45) is 7.05 Å². The van der Waals surface area contributed by atoms with Gasteiger partial charge in [-0.25, -0.2) is 15.0 Å². The standard InChI is InChI=1S/C21H28N6O/c1-16(2)28-21-18-14-17(4-5-19(18)23-15-24-21)27-12-10-26(11-13-27)8-6-20-22-7-9-25(20)3/h4-5,7,9,14-16H,6,8,10-13H2,1-3H3. The van der Waals surface area contributed by atoms with Crippen LogP contribution in [0.4, 0.5) is 5.69 Å². The Kier molecular flexibility index (Phi) is 5.43. The van der Waals surface area contributed by atoms with E-state index in [4.69, 9.17) is 4.74 Å². The van der Waals surface area contributed by atoms with Gasteiger partial charge in [-0.2, -0.15) is 0 Å². The molecule has 28 heavy (non-hydrogen) atoms. The SMILES string of the molecule is CC(C)Oc1ncnc2ccc(N3CCN(CCc4nccn4C)CC3)cc12. The minimum absolute atomic E-state index is 0.0871. The predicted molar refractivity (Wildman–Crippen MR) is 111 cm³/mol. The van der Waals surface area contributed by atoms with Crippen LogP contribution in [0.25, 0.3) is 10.9 Å². The van der Waals surface area contributed by atoms with E-state index in [2.05, 4.69) is 54.6 Å². The molecule has 0 saturated carbocycles. The Morgan fingerprint density at radius 1 is 1.07 bits per heavy atom. The van der Waals surface area contributed by atoms with Crippen LogP contribution in [0.15, 0.2) is 36.9 Å². The second-order valence-electron chi connectivity index (χ2n) is 7.58. The number of rotatable bonds is 6. The van der Waals surface area contributed by atoms with Crippen molar-refractivity contribution in [3.8, 4) is 5.88 Å². The van der Waals surface area contributed by atoms with Gasteiger partial charge in [-0.15, -0.1) is 0 Å². The summed E-state index contributed by atoms with van der Waals surface area (Å²) in [5.74, 6) is 1.81. The number of aromatic nitrogens is 4. The van der Waals surface area contributed by atoms with Gasteiger partial charge in [-0.3, -0.25) is 4.90 Å². The summed E-state index contributed by atoms with van der Waals surface area (Å²) in [6, 6.07) is 6.38. The van der Waals surface area contributed by atoms with Crippen molar-refractivity contribution in [3.63, 3.8) is 0 Å². The summed E-state index contributed by atoms with van der Waals surface area (Å²) in [6.07, 6.45) is 6.53. The first-order valence-corrected chi connectivity index (χ1v) is 9.95. The molecule has 0 atom stereocenters. The number of anilines is 1. The number of aryl methyl sites for hydroxylation is 1. The third kappa shape index (κ3) is 4.09. The molecule has 7 nitrogen and oxygen atoms in total. The van der Waals surface area contributed by atoms with Gasteiger partial charge in [0.1, 0.15) is 12.2 Å². The number of nitrogens with zero attached hydrogens (tertiary/aromatic N) is 6. The highest BCUT2D eigenvalue weighted by Gasteiger charge is 2.18. The topological polar surface area (TPSA) is 59.3 Å². The summed E-state index contributed by atoms with van der Waals surface area (Å²) in [5, 5.41) is 0.978. The largest absolute Gasteiger partial charge is 0.474 e. The van der Waals surface area contributed by atoms with Gasteiger partial charge >= 0.3 is 0 Å². The van der Waals surface area contributed by atoms with Crippen molar-refractivity contribution >= 4 is 16.6 Å². The van der Waals surface area contributed by atoms with E-state index in [0.717, 1.165) is 55.9 Å². The number of benzene rings is 1. The van der Waals surface area contributed by atoms with Crippen LogP contribution in [0.3, 0.4) is 0 Å². The minimum atomic E-state index is 0.0871. The quantitative estimate of drug-likeness (QED) is 0.655. The van der Waals surface area contributed by atoms with Gasteiger partial charge in [0.2, 0.25) is 5.88 Å². The van der Waals surface area contributed by atoms with E-state index in [-0.39, 0.29) is 6.10 Å². The van der Waals surface area contributed by atoms with E-state index in [1.807, 2.05) is 26.2 Å². The highest BCUT2D eigenvalue weighted by Crippen LogP contribution is 2.28. The smallest absolute Gasteiger partial charge is 0.224 e. The van der Waals surface area contributed by atoms with E-state index in [0.29, 0.717) is 5.88 Å². The maximum atomic E-state index is 5.88. The second kappa shape index (κ2) is 8.14. The Hall–Kier alpha value is -2.67.